The zero-order valence-electron chi connectivity index (χ0n) is 24.3. The normalized spacial score (nSPS) is 17.6. The number of anilines is 2. The third kappa shape index (κ3) is 7.87. The van der Waals surface area contributed by atoms with Crippen LogP contribution in [0, 0.1) is 0 Å². The maximum absolute atomic E-state index is 13.9. The number of hydrogen-bond donors (Lipinski definition) is 3. The summed E-state index contributed by atoms with van der Waals surface area (Å²) in [4.78, 5) is 31.2. The van der Waals surface area contributed by atoms with E-state index in [1.807, 2.05) is 49.4 Å². The molecule has 9 nitrogen and oxygen atoms in total. The lowest BCUT2D eigenvalue weighted by Gasteiger charge is -2.38. The first-order chi connectivity index (χ1) is 20.7. The van der Waals surface area contributed by atoms with Crippen molar-refractivity contribution in [1.82, 2.24) is 15.5 Å². The first kappa shape index (κ1) is 30.8. The van der Waals surface area contributed by atoms with Crippen LogP contribution in [0.25, 0.3) is 0 Å². The standard InChI is InChI=1S/C32H38ClN5O4S/c1-2-19-43(41,42)36-27-9-5-6-10-30(27)37-15-17-38(18-16-37)32(40)29(20-23-11-13-26(33)14-12-23)35-31(39)28-21-24-7-3-4-8-25(24)22-34-28/h3-14,28-29,34,36H,2,15-22H2,1H3,(H,35,39). The van der Waals surface area contributed by atoms with Gasteiger partial charge in [0.15, 0.2) is 0 Å². The Morgan fingerprint density at radius 3 is 2.35 bits per heavy atom. The number of fused-ring (bicyclic) bond motifs is 1. The molecule has 2 aliphatic rings. The highest BCUT2D eigenvalue weighted by atomic mass is 35.5. The molecule has 0 saturated carbocycles. The molecule has 1 saturated heterocycles. The van der Waals surface area contributed by atoms with Gasteiger partial charge in [0.1, 0.15) is 6.04 Å². The van der Waals surface area contributed by atoms with Crippen LogP contribution in [0.2, 0.25) is 5.02 Å². The predicted octanol–water partition coefficient (Wildman–Crippen LogP) is 3.58. The number of benzene rings is 3. The summed E-state index contributed by atoms with van der Waals surface area (Å²) in [5.41, 5.74) is 4.53. The van der Waals surface area contributed by atoms with Gasteiger partial charge in [-0.05, 0) is 53.8 Å². The number of nitrogens with one attached hydrogen (secondary N) is 3. The lowest BCUT2D eigenvalue weighted by molar-refractivity contribution is -0.137. The van der Waals surface area contributed by atoms with Crippen LogP contribution in [0.15, 0.2) is 72.8 Å². The Balaban J connectivity index is 1.27. The molecule has 0 radical (unpaired) electrons. The zero-order valence-corrected chi connectivity index (χ0v) is 25.8. The van der Waals surface area contributed by atoms with E-state index in [2.05, 4.69) is 26.3 Å². The number of rotatable bonds is 10. The second kappa shape index (κ2) is 13.8. The maximum Gasteiger partial charge on any atom is 0.245 e. The largest absolute Gasteiger partial charge is 0.366 e. The van der Waals surface area contributed by atoms with Gasteiger partial charge >= 0.3 is 0 Å². The molecule has 2 atom stereocenters. The van der Waals surface area contributed by atoms with Crippen LogP contribution in [-0.4, -0.2) is 69.1 Å². The van der Waals surface area contributed by atoms with Crippen LogP contribution in [0.4, 0.5) is 11.4 Å². The maximum atomic E-state index is 13.9. The van der Waals surface area contributed by atoms with Gasteiger partial charge in [-0.3, -0.25) is 14.3 Å². The molecule has 11 heteroatoms. The summed E-state index contributed by atoms with van der Waals surface area (Å²) >= 11 is 6.09. The molecule has 1 fully saturated rings. The monoisotopic (exact) mass is 623 g/mol. The number of nitrogens with zero attached hydrogens (tertiary/aromatic N) is 2. The third-order valence-corrected chi connectivity index (χ3v) is 9.67. The quantitative estimate of drug-likeness (QED) is 0.318. The molecule has 228 valence electrons. The van der Waals surface area contributed by atoms with Crippen molar-refractivity contribution in [3.63, 3.8) is 0 Å². The second-order valence-electron chi connectivity index (χ2n) is 11.0. The molecule has 0 aromatic heterocycles. The van der Waals surface area contributed by atoms with Gasteiger partial charge in [-0.25, -0.2) is 8.42 Å². The number of piperazine rings is 1. The Kier molecular flexibility index (Phi) is 9.90. The van der Waals surface area contributed by atoms with Crippen molar-refractivity contribution in [3.8, 4) is 0 Å². The van der Waals surface area contributed by atoms with Crippen molar-refractivity contribution >= 4 is 44.8 Å². The van der Waals surface area contributed by atoms with E-state index in [1.54, 1.807) is 29.2 Å². The minimum Gasteiger partial charge on any atom is -0.366 e. The molecule has 0 spiro atoms. The van der Waals surface area contributed by atoms with Gasteiger partial charge in [-0.15, -0.1) is 0 Å². The average Bonchev–Trinajstić information content (AvgIpc) is 3.01. The van der Waals surface area contributed by atoms with Crippen molar-refractivity contribution in [2.24, 2.45) is 0 Å². The summed E-state index contributed by atoms with van der Waals surface area (Å²) in [5, 5.41) is 6.97. The van der Waals surface area contributed by atoms with Crippen LogP contribution in [0.1, 0.15) is 30.0 Å². The molecular weight excluding hydrogens is 586 g/mol. The summed E-state index contributed by atoms with van der Waals surface area (Å²) in [6, 6.07) is 21.5. The van der Waals surface area contributed by atoms with Crippen molar-refractivity contribution in [2.75, 3.05) is 41.6 Å². The Hall–Kier alpha value is -3.60. The molecule has 2 amide bonds. The molecule has 3 N–H and O–H groups in total. The lowest BCUT2D eigenvalue weighted by Crippen LogP contribution is -2.58. The van der Waals surface area contributed by atoms with Crippen LogP contribution in [-0.2, 0) is 39.0 Å². The molecule has 5 rings (SSSR count). The molecular formula is C32H38ClN5O4S. The van der Waals surface area contributed by atoms with E-state index in [-0.39, 0.29) is 17.6 Å². The van der Waals surface area contributed by atoms with Crippen LogP contribution < -0.4 is 20.3 Å². The molecule has 0 bridgehead atoms. The van der Waals surface area contributed by atoms with E-state index in [1.165, 1.54) is 5.56 Å². The first-order valence-electron chi connectivity index (χ1n) is 14.7. The number of halogens is 1. The molecule has 2 unspecified atom stereocenters. The van der Waals surface area contributed by atoms with Crippen LogP contribution >= 0.6 is 11.6 Å². The van der Waals surface area contributed by atoms with E-state index in [9.17, 15) is 18.0 Å². The van der Waals surface area contributed by atoms with Gasteiger partial charge in [0.25, 0.3) is 0 Å². The van der Waals surface area contributed by atoms with E-state index >= 15 is 0 Å². The predicted molar refractivity (Wildman–Crippen MR) is 171 cm³/mol. The van der Waals surface area contributed by atoms with Gasteiger partial charge < -0.3 is 20.4 Å². The number of sulfonamides is 1. The van der Waals surface area contributed by atoms with Crippen molar-refractivity contribution in [2.45, 2.75) is 44.8 Å². The fourth-order valence-corrected chi connectivity index (χ4v) is 6.95. The van der Waals surface area contributed by atoms with Crippen molar-refractivity contribution in [3.05, 3.63) is 94.5 Å². The smallest absolute Gasteiger partial charge is 0.245 e. The lowest BCUT2D eigenvalue weighted by atomic mass is 9.95. The highest BCUT2D eigenvalue weighted by Crippen LogP contribution is 2.28. The molecule has 2 aliphatic heterocycles. The fourth-order valence-electron chi connectivity index (χ4n) is 5.68. The molecule has 3 aromatic carbocycles. The van der Waals surface area contributed by atoms with Crippen LogP contribution in [0.5, 0.6) is 0 Å². The molecule has 0 aliphatic carbocycles. The summed E-state index contributed by atoms with van der Waals surface area (Å²) in [5.74, 6) is -0.294. The van der Waals surface area contributed by atoms with E-state index in [0.717, 1.165) is 16.8 Å². The fraction of sp³-hybridized carbons (Fsp3) is 0.375. The summed E-state index contributed by atoms with van der Waals surface area (Å²) in [6.07, 6.45) is 1.42. The Morgan fingerprint density at radius 1 is 0.953 bits per heavy atom. The zero-order chi connectivity index (χ0) is 30.4. The Bertz CT molecular complexity index is 1540. The van der Waals surface area contributed by atoms with E-state index in [0.29, 0.717) is 62.7 Å². The topological polar surface area (TPSA) is 111 Å². The van der Waals surface area contributed by atoms with Gasteiger partial charge in [0.2, 0.25) is 21.8 Å². The number of carbonyl (C=O) groups is 2. The van der Waals surface area contributed by atoms with Gasteiger partial charge in [0.05, 0.1) is 23.2 Å². The number of para-hydroxylation sites is 2. The van der Waals surface area contributed by atoms with Gasteiger partial charge in [-0.2, -0.15) is 0 Å². The van der Waals surface area contributed by atoms with E-state index < -0.39 is 22.1 Å². The highest BCUT2D eigenvalue weighted by Gasteiger charge is 2.32. The highest BCUT2D eigenvalue weighted by molar-refractivity contribution is 7.92. The number of amides is 2. The second-order valence-corrected chi connectivity index (χ2v) is 13.3. The summed E-state index contributed by atoms with van der Waals surface area (Å²) in [6.45, 7) is 4.37. The Labute approximate surface area is 258 Å². The van der Waals surface area contributed by atoms with E-state index in [4.69, 9.17) is 11.6 Å². The SMILES string of the molecule is CCCS(=O)(=O)Nc1ccccc1N1CCN(C(=O)C(Cc2ccc(Cl)cc2)NC(=O)C2Cc3ccccc3CN2)CC1. The first-order valence-corrected chi connectivity index (χ1v) is 16.7. The average molecular weight is 624 g/mol. The number of carbonyl (C=O) groups excluding carboxylic acids is 2. The summed E-state index contributed by atoms with van der Waals surface area (Å²) < 4.78 is 27.6. The van der Waals surface area contributed by atoms with Gasteiger partial charge in [0, 0.05) is 44.2 Å². The minimum atomic E-state index is -3.45. The van der Waals surface area contributed by atoms with Crippen molar-refractivity contribution in [1.29, 1.82) is 0 Å². The molecule has 2 heterocycles. The Morgan fingerprint density at radius 2 is 1.63 bits per heavy atom. The minimum absolute atomic E-state index is 0.0488. The number of hydrogen-bond acceptors (Lipinski definition) is 6. The molecule has 43 heavy (non-hydrogen) atoms. The molecule has 3 aromatic rings. The van der Waals surface area contributed by atoms with Gasteiger partial charge in [-0.1, -0.05) is 67.1 Å². The van der Waals surface area contributed by atoms with Crippen LogP contribution in [0.3, 0.4) is 0 Å². The summed E-state index contributed by atoms with van der Waals surface area (Å²) in [7, 11) is -3.45. The third-order valence-electron chi connectivity index (χ3n) is 7.94. The van der Waals surface area contributed by atoms with Crippen molar-refractivity contribution < 1.29 is 18.0 Å².